The van der Waals surface area contributed by atoms with Gasteiger partial charge in [0.25, 0.3) is 5.91 Å². The summed E-state index contributed by atoms with van der Waals surface area (Å²) in [6.45, 7) is 4.97. The SMILES string of the molecule is CNc1cnc(C(=O)N(C)CCOC(C)C)cn1. The van der Waals surface area contributed by atoms with Crippen molar-refractivity contribution in [3.05, 3.63) is 18.1 Å². The smallest absolute Gasteiger partial charge is 0.273 e. The fourth-order valence-corrected chi connectivity index (χ4v) is 1.29. The molecule has 0 bridgehead atoms. The Hall–Kier alpha value is -1.69. The number of hydrogen-bond donors (Lipinski definition) is 1. The third-order valence-electron chi connectivity index (χ3n) is 2.35. The molecule has 18 heavy (non-hydrogen) atoms. The van der Waals surface area contributed by atoms with E-state index in [0.29, 0.717) is 24.7 Å². The Balaban J connectivity index is 2.51. The van der Waals surface area contributed by atoms with Gasteiger partial charge in [-0.15, -0.1) is 0 Å². The lowest BCUT2D eigenvalue weighted by Crippen LogP contribution is -2.31. The molecule has 1 heterocycles. The summed E-state index contributed by atoms with van der Waals surface area (Å²) < 4.78 is 5.40. The lowest BCUT2D eigenvalue weighted by molar-refractivity contribution is 0.0529. The van der Waals surface area contributed by atoms with Gasteiger partial charge in [0.05, 0.1) is 25.1 Å². The Morgan fingerprint density at radius 1 is 1.44 bits per heavy atom. The number of rotatable bonds is 6. The van der Waals surface area contributed by atoms with E-state index >= 15 is 0 Å². The zero-order valence-corrected chi connectivity index (χ0v) is 11.3. The van der Waals surface area contributed by atoms with Crippen molar-refractivity contribution in [2.24, 2.45) is 0 Å². The number of anilines is 1. The minimum Gasteiger partial charge on any atom is -0.377 e. The second-order valence-corrected chi connectivity index (χ2v) is 4.18. The topological polar surface area (TPSA) is 67.4 Å². The molecule has 0 aliphatic rings. The third-order valence-corrected chi connectivity index (χ3v) is 2.35. The average molecular weight is 252 g/mol. The predicted molar refractivity (Wildman–Crippen MR) is 69.6 cm³/mol. The summed E-state index contributed by atoms with van der Waals surface area (Å²) in [5, 5.41) is 2.85. The van der Waals surface area contributed by atoms with Crippen LogP contribution in [0.1, 0.15) is 24.3 Å². The maximum atomic E-state index is 12.0. The van der Waals surface area contributed by atoms with E-state index in [4.69, 9.17) is 4.74 Å². The van der Waals surface area contributed by atoms with Gasteiger partial charge in [-0.2, -0.15) is 0 Å². The molecular formula is C12H20N4O2. The van der Waals surface area contributed by atoms with Crippen molar-refractivity contribution in [2.45, 2.75) is 20.0 Å². The van der Waals surface area contributed by atoms with Crippen LogP contribution in [0.4, 0.5) is 5.82 Å². The highest BCUT2D eigenvalue weighted by molar-refractivity contribution is 5.91. The lowest BCUT2D eigenvalue weighted by Gasteiger charge is -2.17. The summed E-state index contributed by atoms with van der Waals surface area (Å²) in [4.78, 5) is 21.7. The monoisotopic (exact) mass is 252 g/mol. The second-order valence-electron chi connectivity index (χ2n) is 4.18. The number of nitrogens with zero attached hydrogens (tertiary/aromatic N) is 3. The van der Waals surface area contributed by atoms with E-state index in [1.807, 2.05) is 13.8 Å². The molecule has 1 aromatic heterocycles. The minimum absolute atomic E-state index is 0.155. The van der Waals surface area contributed by atoms with Crippen molar-refractivity contribution in [1.82, 2.24) is 14.9 Å². The van der Waals surface area contributed by atoms with Gasteiger partial charge in [0, 0.05) is 20.6 Å². The molecule has 0 saturated heterocycles. The molecule has 0 aliphatic heterocycles. The number of aromatic nitrogens is 2. The molecule has 1 rings (SSSR count). The number of hydrogen-bond acceptors (Lipinski definition) is 5. The fraction of sp³-hybridized carbons (Fsp3) is 0.583. The third kappa shape index (κ3) is 4.29. The van der Waals surface area contributed by atoms with Crippen molar-refractivity contribution in [2.75, 3.05) is 32.6 Å². The second kappa shape index (κ2) is 6.90. The molecule has 1 aromatic rings. The van der Waals surface area contributed by atoms with Crippen molar-refractivity contribution in [3.63, 3.8) is 0 Å². The number of carbonyl (C=O) groups is 1. The highest BCUT2D eigenvalue weighted by Crippen LogP contribution is 2.02. The number of nitrogens with one attached hydrogen (secondary N) is 1. The summed E-state index contributed by atoms with van der Waals surface area (Å²) in [5.41, 5.74) is 0.334. The number of amides is 1. The van der Waals surface area contributed by atoms with Gasteiger partial charge in [-0.05, 0) is 13.8 Å². The van der Waals surface area contributed by atoms with Crippen LogP contribution >= 0.6 is 0 Å². The van der Waals surface area contributed by atoms with Gasteiger partial charge in [-0.1, -0.05) is 0 Å². The number of carbonyl (C=O) groups excluding carboxylic acids is 1. The van der Waals surface area contributed by atoms with Gasteiger partial charge in [0.2, 0.25) is 0 Å². The first-order chi connectivity index (χ1) is 8.54. The number of ether oxygens (including phenoxy) is 1. The lowest BCUT2D eigenvalue weighted by atomic mass is 10.4. The molecular weight excluding hydrogens is 232 g/mol. The first kappa shape index (κ1) is 14.4. The van der Waals surface area contributed by atoms with E-state index in [2.05, 4.69) is 15.3 Å². The molecule has 0 fully saturated rings. The summed E-state index contributed by atoms with van der Waals surface area (Å²) in [6.07, 6.45) is 3.17. The van der Waals surface area contributed by atoms with E-state index in [0.717, 1.165) is 0 Å². The quantitative estimate of drug-likeness (QED) is 0.818. The van der Waals surface area contributed by atoms with Gasteiger partial charge in [-0.3, -0.25) is 4.79 Å². The van der Waals surface area contributed by atoms with Crippen LogP contribution < -0.4 is 5.32 Å². The minimum atomic E-state index is -0.155. The molecule has 0 unspecified atom stereocenters. The van der Waals surface area contributed by atoms with E-state index in [-0.39, 0.29) is 12.0 Å². The van der Waals surface area contributed by atoms with Crippen LogP contribution in [0, 0.1) is 0 Å². The normalized spacial score (nSPS) is 10.5. The summed E-state index contributed by atoms with van der Waals surface area (Å²) in [7, 11) is 3.47. The summed E-state index contributed by atoms with van der Waals surface area (Å²) in [5.74, 6) is 0.481. The van der Waals surface area contributed by atoms with E-state index in [1.165, 1.54) is 12.4 Å². The summed E-state index contributed by atoms with van der Waals surface area (Å²) in [6, 6.07) is 0. The van der Waals surface area contributed by atoms with Crippen LogP contribution in [0.5, 0.6) is 0 Å². The van der Waals surface area contributed by atoms with Crippen molar-refractivity contribution in [1.29, 1.82) is 0 Å². The molecule has 1 amide bonds. The average Bonchev–Trinajstić information content (AvgIpc) is 2.37. The van der Waals surface area contributed by atoms with Gasteiger partial charge < -0.3 is 15.0 Å². The molecule has 0 aliphatic carbocycles. The van der Waals surface area contributed by atoms with Crippen molar-refractivity contribution >= 4 is 11.7 Å². The van der Waals surface area contributed by atoms with Gasteiger partial charge in [0.1, 0.15) is 11.5 Å². The Morgan fingerprint density at radius 2 is 2.17 bits per heavy atom. The number of likely N-dealkylation sites (N-methyl/N-ethyl adjacent to an activating group) is 1. The van der Waals surface area contributed by atoms with Gasteiger partial charge in [-0.25, -0.2) is 9.97 Å². The van der Waals surface area contributed by atoms with Crippen molar-refractivity contribution < 1.29 is 9.53 Å². The molecule has 0 saturated carbocycles. The molecule has 1 N–H and O–H groups in total. The van der Waals surface area contributed by atoms with Crippen LogP contribution in [-0.2, 0) is 4.74 Å². The van der Waals surface area contributed by atoms with E-state index < -0.39 is 0 Å². The van der Waals surface area contributed by atoms with Crippen molar-refractivity contribution in [3.8, 4) is 0 Å². The van der Waals surface area contributed by atoms with Gasteiger partial charge >= 0.3 is 0 Å². The first-order valence-electron chi connectivity index (χ1n) is 5.91. The van der Waals surface area contributed by atoms with Gasteiger partial charge in [0.15, 0.2) is 0 Å². The molecule has 0 radical (unpaired) electrons. The molecule has 0 atom stereocenters. The largest absolute Gasteiger partial charge is 0.377 e. The predicted octanol–water partition coefficient (Wildman–Crippen LogP) is 1.02. The van der Waals surface area contributed by atoms with Crippen LogP contribution in [0.3, 0.4) is 0 Å². The molecule has 6 heteroatoms. The van der Waals surface area contributed by atoms with Crippen LogP contribution in [-0.4, -0.2) is 54.1 Å². The van der Waals surface area contributed by atoms with Crippen LogP contribution in [0.2, 0.25) is 0 Å². The van der Waals surface area contributed by atoms with Crippen LogP contribution in [0.15, 0.2) is 12.4 Å². The highest BCUT2D eigenvalue weighted by atomic mass is 16.5. The Kier molecular flexibility index (Phi) is 5.51. The maximum absolute atomic E-state index is 12.0. The fourth-order valence-electron chi connectivity index (χ4n) is 1.29. The Labute approximate surface area is 107 Å². The molecule has 0 aromatic carbocycles. The highest BCUT2D eigenvalue weighted by Gasteiger charge is 2.13. The Morgan fingerprint density at radius 3 is 2.67 bits per heavy atom. The molecule has 6 nitrogen and oxygen atoms in total. The maximum Gasteiger partial charge on any atom is 0.273 e. The Bertz CT molecular complexity index is 378. The molecule has 0 spiro atoms. The first-order valence-corrected chi connectivity index (χ1v) is 5.91. The standard InChI is InChI=1S/C12H20N4O2/c1-9(2)18-6-5-16(4)12(17)10-7-15-11(13-3)8-14-10/h7-9H,5-6H2,1-4H3,(H,13,15). The van der Waals surface area contributed by atoms with Crippen LogP contribution in [0.25, 0.3) is 0 Å². The summed E-state index contributed by atoms with van der Waals surface area (Å²) >= 11 is 0. The zero-order valence-electron chi connectivity index (χ0n) is 11.3. The van der Waals surface area contributed by atoms with E-state index in [9.17, 15) is 4.79 Å². The zero-order chi connectivity index (χ0) is 13.5. The molecule has 100 valence electrons. The van der Waals surface area contributed by atoms with E-state index in [1.54, 1.807) is 19.0 Å².